The van der Waals surface area contributed by atoms with Gasteiger partial charge in [0.2, 0.25) is 82.7 Å². The monoisotopic (exact) mass is 1970 g/mol. The van der Waals surface area contributed by atoms with E-state index in [4.69, 9.17) is 17.2 Å². The number of nitrogens with zero attached hydrogens (tertiary/aromatic N) is 9. The van der Waals surface area contributed by atoms with Crippen LogP contribution in [0.3, 0.4) is 0 Å². The molecule has 42 nitrogen and oxygen atoms in total. The number of thioether (sulfide) groups is 1. The van der Waals surface area contributed by atoms with Crippen LogP contribution in [-0.2, 0) is 102 Å². The number of piperidine rings is 1. The van der Waals surface area contributed by atoms with Crippen LogP contribution in [0.2, 0.25) is 0 Å². The first-order valence-corrected chi connectivity index (χ1v) is 50.0. The average molecular weight is 1970 g/mol. The van der Waals surface area contributed by atoms with Crippen molar-refractivity contribution in [3.05, 3.63) is 138 Å². The largest absolute Gasteiger partial charge is 0.508 e. The Balaban J connectivity index is 0.982. The highest BCUT2D eigenvalue weighted by Crippen LogP contribution is 2.33. The van der Waals surface area contributed by atoms with Gasteiger partial charge in [0, 0.05) is 106 Å². The minimum absolute atomic E-state index is 0.00111. The van der Waals surface area contributed by atoms with E-state index in [0.29, 0.717) is 85.5 Å². The van der Waals surface area contributed by atoms with Gasteiger partial charge >= 0.3 is 5.97 Å². The van der Waals surface area contributed by atoms with Gasteiger partial charge in [0.05, 0.1) is 43.2 Å². The molecule has 0 saturated carbocycles. The maximum atomic E-state index is 16.0. The fourth-order valence-electron chi connectivity index (χ4n) is 18.9. The molecule has 0 spiro atoms. The van der Waals surface area contributed by atoms with Gasteiger partial charge in [0.25, 0.3) is 0 Å². The maximum Gasteiger partial charge on any atom is 0.305 e. The summed E-state index contributed by atoms with van der Waals surface area (Å²) in [6.45, 7) is 6.46. The van der Waals surface area contributed by atoms with Gasteiger partial charge in [-0.05, 0) is 159 Å². The number of amides is 14. The number of rotatable bonds is 29. The number of carboxylic acids is 1. The van der Waals surface area contributed by atoms with Gasteiger partial charge in [-0.1, -0.05) is 133 Å². The number of carbonyl (C=O) groups excluding carboxylic acids is 15. The zero-order chi connectivity index (χ0) is 102. The normalized spacial score (nSPS) is 24.6. The van der Waals surface area contributed by atoms with E-state index in [2.05, 4.69) is 78.3 Å². The van der Waals surface area contributed by atoms with Gasteiger partial charge < -0.3 is 110 Å². The number of nitrogens with two attached hydrogens (primary N) is 3. The Hall–Kier alpha value is -13.3. The number of aliphatic hydroxyl groups excluding tert-OH is 1. The second-order valence-electron chi connectivity index (χ2n) is 37.3. The first kappa shape index (κ1) is 108. The molecule has 0 bridgehead atoms. The van der Waals surface area contributed by atoms with Gasteiger partial charge in [0.15, 0.2) is 11.6 Å². The molecule has 4 aromatic carbocycles. The van der Waals surface area contributed by atoms with Crippen LogP contribution in [0.25, 0.3) is 21.7 Å². The summed E-state index contributed by atoms with van der Waals surface area (Å²) in [6, 6.07) is 7.46. The summed E-state index contributed by atoms with van der Waals surface area (Å²) in [6.07, 6.45) is 4.80. The van der Waals surface area contributed by atoms with Crippen LogP contribution in [0.4, 0.5) is 0 Å². The lowest BCUT2D eigenvalue weighted by Crippen LogP contribution is -2.61. The van der Waals surface area contributed by atoms with Gasteiger partial charge in [-0.15, -0.1) is 16.9 Å². The number of aliphatic carboxylic acids is 1. The summed E-state index contributed by atoms with van der Waals surface area (Å²) in [7, 11) is 1.45. The zero-order valence-corrected chi connectivity index (χ0v) is 81.3. The number of carbonyl (C=O) groups is 16. The van der Waals surface area contributed by atoms with E-state index >= 15 is 52.7 Å². The Morgan fingerprint density at radius 3 is 1.87 bits per heavy atom. The number of primary amides is 1. The van der Waals surface area contributed by atoms with E-state index in [1.807, 2.05) is 74.5 Å². The molecule has 3 aromatic heterocycles. The molecular formula is C98H135N23O19S. The second-order valence-corrected chi connectivity index (χ2v) is 38.4. The van der Waals surface area contributed by atoms with Crippen molar-refractivity contribution in [1.29, 1.82) is 0 Å². The van der Waals surface area contributed by atoms with Crippen LogP contribution >= 0.6 is 11.8 Å². The molecule has 43 heteroatoms. The average Bonchev–Trinajstić information content (AvgIpc) is 1.69. The highest BCUT2D eigenvalue weighted by atomic mass is 32.2. The number of hydrogen-bond acceptors (Lipinski definition) is 25. The number of aliphatic hydroxyl groups is 1. The zero-order valence-electron chi connectivity index (χ0n) is 80.5. The predicted octanol–water partition coefficient (Wildman–Crippen LogP) is 2.04. The van der Waals surface area contributed by atoms with E-state index in [1.54, 1.807) is 26.1 Å². The standard InChI is InChI=1S/C98H135N23O19S/c1-6-8-30-77-91(133)110-72(42-57(3)4)89(131)113-76(88(130)104-52-83(101)125)54-141-55-84(126)106-74(43-58-34-36-64(122)37-35-58)96(138)118-40-19-16-32-78(118)93(135)112-75(49-85(127)128)97(139)119-41-21-33-79(119)92(134)111-73(47-63-51-102-56-105-63)90(132)107-69(29-15-18-39-100)95(137)120-53-65(123)48-81(120)94(136)108-70(45-62-50-103-68-28-13-12-27-67(62)68)82(124)46-61(23-14-17-38-99)87(129)109-71(44-60-25-20-24-59-22-10-11-26-66(59)60)86-114-115-116-121(86)80(31-9-7-2)98(140)117(77)5/h10-13,20,22,24-28,34-37,50-51,56-57,61,65,69-81,103,122-123H,6-9,14-19,21,23,29-33,38-49,52-55,99-100H2,1-5H3,(H2,101,125)(H,102,105)(H,104,130)(H,106,126)(H,107,132)(H,108,136)(H,109,129)(H,110,133)(H,111,134)(H,112,135)(H,113,131)(H,127,128)/t61-,65-,69+,70+,71+,72+,73+,74+,75+,76+,77+,78+,79+,80+,81+/m1/s1. The molecule has 762 valence electrons. The number of phenols is 1. The van der Waals surface area contributed by atoms with Crippen LogP contribution in [0.5, 0.6) is 5.75 Å². The molecular weight excluding hydrogens is 1840 g/mol. The number of carboxylic acid groups (broad SMARTS) is 1. The number of phenolic OH excluding ortho intramolecular Hbond substituents is 1. The van der Waals surface area contributed by atoms with Gasteiger partial charge in [0.1, 0.15) is 72.2 Å². The van der Waals surface area contributed by atoms with Crippen LogP contribution in [0, 0.1) is 11.8 Å². The minimum Gasteiger partial charge on any atom is -0.508 e. The van der Waals surface area contributed by atoms with Gasteiger partial charge in [-0.3, -0.25) is 76.7 Å². The number of nitrogens with one attached hydrogen (secondary N) is 11. The molecule has 0 aliphatic carbocycles. The number of unbranched alkanes of at least 4 members (excludes halogenated alkanes) is 4. The van der Waals surface area contributed by atoms with Crippen molar-refractivity contribution in [3.8, 4) is 5.75 Å². The van der Waals surface area contributed by atoms with Crippen LogP contribution in [0.1, 0.15) is 203 Å². The number of tetrazole rings is 1. The summed E-state index contributed by atoms with van der Waals surface area (Å²) < 4.78 is 1.34. The van der Waals surface area contributed by atoms with E-state index < -0.39 is 217 Å². The number of imidazole rings is 1. The number of benzene rings is 4. The Bertz CT molecular complexity index is 5500. The summed E-state index contributed by atoms with van der Waals surface area (Å²) in [5.41, 5.74) is 20.4. The van der Waals surface area contributed by atoms with Gasteiger partial charge in [-0.2, -0.15) is 0 Å². The van der Waals surface area contributed by atoms with Crippen molar-refractivity contribution in [2.24, 2.45) is 29.0 Å². The lowest BCUT2D eigenvalue weighted by atomic mass is 9.89. The van der Waals surface area contributed by atoms with Crippen LogP contribution < -0.4 is 65.1 Å². The number of para-hydroxylation sites is 1. The Morgan fingerprint density at radius 2 is 1.18 bits per heavy atom. The maximum absolute atomic E-state index is 16.0. The number of Topliss-reactive ketones (excluding diaryl/α,β-unsaturated/α-hetero) is 1. The highest BCUT2D eigenvalue weighted by molar-refractivity contribution is 8.00. The topological polar surface area (TPSA) is 621 Å². The number of H-pyrrole nitrogens is 2. The number of aromatic amines is 2. The van der Waals surface area contributed by atoms with E-state index in [0.717, 1.165) is 37.9 Å². The molecule has 3 saturated heterocycles. The first-order chi connectivity index (χ1) is 67.8. The second kappa shape index (κ2) is 52.8. The van der Waals surface area contributed by atoms with Crippen molar-refractivity contribution >= 4 is 128 Å². The lowest BCUT2D eigenvalue weighted by Gasteiger charge is -2.38. The fourth-order valence-corrected chi connectivity index (χ4v) is 19.7. The molecule has 14 amide bonds. The molecule has 7 heterocycles. The molecule has 141 heavy (non-hydrogen) atoms. The predicted molar refractivity (Wildman–Crippen MR) is 521 cm³/mol. The molecule has 7 aromatic rings. The van der Waals surface area contributed by atoms with Crippen LogP contribution in [0.15, 0.2) is 110 Å². The Morgan fingerprint density at radius 1 is 0.567 bits per heavy atom. The van der Waals surface area contributed by atoms with Crippen LogP contribution in [-0.4, -0.2) is 295 Å². The highest BCUT2D eigenvalue weighted by Gasteiger charge is 2.47. The quantitative estimate of drug-likeness (QED) is 0.0298. The third-order valence-corrected chi connectivity index (χ3v) is 27.4. The Kier molecular flexibility index (Phi) is 40.5. The number of aromatic hydroxyl groups is 1. The SMILES string of the molecule is CCCC[C@H]1C(=O)N[C@@H](CC(C)C)C(=O)N[C@H](C(=O)NCC(N)=O)CSCC(=O)N[C@@H](Cc2ccc(O)cc2)C(=O)N2CCCC[C@H]2C(=O)N[C@@H](CC(=O)O)C(=O)N2CCC[C@H]2C(=O)N[C@@H](Cc2cnc[nH]2)C(=O)N[C@@H](CCCCN)C(=O)N2C[C@H](O)C[C@H]2C(=O)N[C@@H](Cc2c[nH]c3ccccc23)C(=O)C[C@@H](CCCCN)C(=O)N[C@@H](Cc2cccc3ccccc23)c2nnnn2[C@@H](CCCC)C(=O)N1C. The summed E-state index contributed by atoms with van der Waals surface area (Å²) >= 11 is 0.826. The number of likely N-dealkylation sites (N-methyl/N-ethyl adjacent to an activating group) is 1. The summed E-state index contributed by atoms with van der Waals surface area (Å²) in [5, 5.41) is 73.2. The van der Waals surface area contributed by atoms with Crippen molar-refractivity contribution < 1.29 is 92.0 Å². The van der Waals surface area contributed by atoms with E-state index in [1.165, 1.54) is 58.3 Å². The Labute approximate surface area is 821 Å². The van der Waals surface area contributed by atoms with Crippen molar-refractivity contribution in [3.63, 3.8) is 0 Å². The van der Waals surface area contributed by atoms with Crippen molar-refractivity contribution in [2.45, 2.75) is 273 Å². The smallest absolute Gasteiger partial charge is 0.305 e. The molecule has 3 fully saturated rings. The third-order valence-electron chi connectivity index (χ3n) is 26.3. The van der Waals surface area contributed by atoms with Gasteiger partial charge in [-0.25, -0.2) is 9.67 Å². The molecule has 20 N–H and O–H groups in total. The molecule has 11 rings (SSSR count). The molecule has 15 atom stereocenters. The number of ketones is 1. The molecule has 4 aliphatic heterocycles. The minimum atomic E-state index is -1.87. The molecule has 0 radical (unpaired) electrons. The molecule has 0 unspecified atom stereocenters. The number of hydrogen-bond donors (Lipinski definition) is 17. The van der Waals surface area contributed by atoms with Crippen molar-refractivity contribution in [2.75, 3.05) is 57.8 Å². The van der Waals surface area contributed by atoms with E-state index in [9.17, 15) is 39.3 Å². The number of fused-ring (bicyclic) bond motifs is 6. The summed E-state index contributed by atoms with van der Waals surface area (Å²) in [5.74, 6) is -16.5. The van der Waals surface area contributed by atoms with Crippen molar-refractivity contribution in [1.82, 2.24) is 103 Å². The fraction of sp³-hybridized carbons (Fsp3) is 0.551. The third kappa shape index (κ3) is 29.9. The lowest BCUT2D eigenvalue weighted by molar-refractivity contribution is -0.149. The summed E-state index contributed by atoms with van der Waals surface area (Å²) in [4.78, 5) is 254. The number of aromatic nitrogens is 7. The molecule has 4 aliphatic rings. The first-order valence-electron chi connectivity index (χ1n) is 48.9. The van der Waals surface area contributed by atoms with E-state index in [-0.39, 0.29) is 139 Å².